The minimum atomic E-state index is -0.240. The topological polar surface area (TPSA) is 43.1 Å². The van der Waals surface area contributed by atoms with Crippen LogP contribution in [0.25, 0.3) is 11.1 Å². The van der Waals surface area contributed by atoms with Gasteiger partial charge >= 0.3 is 0 Å². The van der Waals surface area contributed by atoms with Crippen LogP contribution < -0.4 is 0 Å². The smallest absolute Gasteiger partial charge is 0.195 e. The quantitative estimate of drug-likeness (QED) is 0.680. The van der Waals surface area contributed by atoms with E-state index in [0.29, 0.717) is 35.4 Å². The summed E-state index contributed by atoms with van der Waals surface area (Å²) in [7, 11) is 0. The SMILES string of the molecule is O=Cc1ccc2oc(CCc3cccc(F)c3)nc2c1. The first-order chi connectivity index (χ1) is 9.74. The molecule has 0 aliphatic heterocycles. The highest BCUT2D eigenvalue weighted by atomic mass is 19.1. The molecular formula is C16H12FNO2. The molecule has 0 fully saturated rings. The highest BCUT2D eigenvalue weighted by Crippen LogP contribution is 2.18. The normalized spacial score (nSPS) is 10.8. The Kier molecular flexibility index (Phi) is 3.29. The molecule has 0 saturated carbocycles. The summed E-state index contributed by atoms with van der Waals surface area (Å²) in [6, 6.07) is 11.6. The van der Waals surface area contributed by atoms with Gasteiger partial charge in [-0.1, -0.05) is 12.1 Å². The van der Waals surface area contributed by atoms with E-state index in [4.69, 9.17) is 4.42 Å². The van der Waals surface area contributed by atoms with Crippen molar-refractivity contribution in [1.82, 2.24) is 4.98 Å². The van der Waals surface area contributed by atoms with Crippen molar-refractivity contribution >= 4 is 17.4 Å². The summed E-state index contributed by atoms with van der Waals surface area (Å²) in [5.74, 6) is 0.350. The van der Waals surface area contributed by atoms with Crippen molar-refractivity contribution in [1.29, 1.82) is 0 Å². The number of hydrogen-bond donors (Lipinski definition) is 0. The van der Waals surface area contributed by atoms with Gasteiger partial charge in [0.1, 0.15) is 17.6 Å². The molecule has 0 bridgehead atoms. The Labute approximate surface area is 115 Å². The Bertz CT molecular complexity index is 764. The van der Waals surface area contributed by atoms with E-state index in [-0.39, 0.29) is 5.82 Å². The van der Waals surface area contributed by atoms with E-state index in [9.17, 15) is 9.18 Å². The van der Waals surface area contributed by atoms with Crippen molar-refractivity contribution < 1.29 is 13.6 Å². The third-order valence-electron chi connectivity index (χ3n) is 3.11. The van der Waals surface area contributed by atoms with Crippen LogP contribution in [0.5, 0.6) is 0 Å². The van der Waals surface area contributed by atoms with Gasteiger partial charge < -0.3 is 4.42 Å². The molecule has 100 valence electrons. The minimum absolute atomic E-state index is 0.240. The maximum atomic E-state index is 13.1. The van der Waals surface area contributed by atoms with E-state index in [0.717, 1.165) is 11.8 Å². The van der Waals surface area contributed by atoms with Crippen LogP contribution in [0.1, 0.15) is 21.8 Å². The molecule has 0 spiro atoms. The second-order valence-corrected chi connectivity index (χ2v) is 4.58. The Morgan fingerprint density at radius 3 is 2.85 bits per heavy atom. The molecule has 0 radical (unpaired) electrons. The average molecular weight is 269 g/mol. The molecule has 1 aromatic heterocycles. The van der Waals surface area contributed by atoms with Gasteiger partial charge in [-0.2, -0.15) is 0 Å². The summed E-state index contributed by atoms with van der Waals surface area (Å²) in [6.07, 6.45) is 2.03. The van der Waals surface area contributed by atoms with E-state index in [1.165, 1.54) is 12.1 Å². The largest absolute Gasteiger partial charge is 0.441 e. The number of hydrogen-bond acceptors (Lipinski definition) is 3. The summed E-state index contributed by atoms with van der Waals surface area (Å²) in [6.45, 7) is 0. The van der Waals surface area contributed by atoms with Crippen LogP contribution in [0.4, 0.5) is 4.39 Å². The van der Waals surface area contributed by atoms with E-state index >= 15 is 0 Å². The average Bonchev–Trinajstić information content (AvgIpc) is 2.87. The van der Waals surface area contributed by atoms with Gasteiger partial charge in [0.05, 0.1) is 0 Å². The molecule has 0 aliphatic rings. The standard InChI is InChI=1S/C16H12FNO2/c17-13-3-1-2-11(8-13)5-7-16-18-14-9-12(10-19)4-6-15(14)20-16/h1-4,6,8-10H,5,7H2. The fraction of sp³-hybridized carbons (Fsp3) is 0.125. The van der Waals surface area contributed by atoms with Crippen molar-refractivity contribution in [3.63, 3.8) is 0 Å². The second kappa shape index (κ2) is 5.25. The van der Waals surface area contributed by atoms with Crippen molar-refractivity contribution in [3.8, 4) is 0 Å². The number of aryl methyl sites for hydroxylation is 2. The van der Waals surface area contributed by atoms with Crippen LogP contribution in [-0.4, -0.2) is 11.3 Å². The zero-order valence-electron chi connectivity index (χ0n) is 10.7. The highest BCUT2D eigenvalue weighted by Gasteiger charge is 2.07. The Morgan fingerprint density at radius 2 is 2.05 bits per heavy atom. The van der Waals surface area contributed by atoms with E-state index < -0.39 is 0 Å². The first kappa shape index (κ1) is 12.5. The lowest BCUT2D eigenvalue weighted by atomic mass is 10.1. The highest BCUT2D eigenvalue weighted by molar-refractivity contribution is 5.83. The summed E-state index contributed by atoms with van der Waals surface area (Å²) in [5, 5.41) is 0. The first-order valence-corrected chi connectivity index (χ1v) is 6.34. The zero-order chi connectivity index (χ0) is 13.9. The molecule has 0 unspecified atom stereocenters. The molecule has 2 aromatic carbocycles. The molecule has 20 heavy (non-hydrogen) atoms. The number of fused-ring (bicyclic) bond motifs is 1. The zero-order valence-corrected chi connectivity index (χ0v) is 10.7. The number of aromatic nitrogens is 1. The number of nitrogens with zero attached hydrogens (tertiary/aromatic N) is 1. The Hall–Kier alpha value is -2.49. The van der Waals surface area contributed by atoms with Gasteiger partial charge in [0.2, 0.25) is 0 Å². The molecule has 0 atom stereocenters. The van der Waals surface area contributed by atoms with Crippen molar-refractivity contribution in [2.24, 2.45) is 0 Å². The number of carbonyl (C=O) groups is 1. The van der Waals surface area contributed by atoms with Crippen LogP contribution in [0.15, 0.2) is 46.9 Å². The van der Waals surface area contributed by atoms with Gasteiger partial charge in [0.25, 0.3) is 0 Å². The number of aldehydes is 1. The molecule has 3 aromatic rings. The molecule has 0 amide bonds. The summed E-state index contributed by atoms with van der Waals surface area (Å²) >= 11 is 0. The predicted molar refractivity (Wildman–Crippen MR) is 73.2 cm³/mol. The Balaban J connectivity index is 1.79. The van der Waals surface area contributed by atoms with Crippen LogP contribution in [0.3, 0.4) is 0 Å². The van der Waals surface area contributed by atoms with Crippen LogP contribution in [-0.2, 0) is 12.8 Å². The van der Waals surface area contributed by atoms with E-state index in [2.05, 4.69) is 4.98 Å². The van der Waals surface area contributed by atoms with E-state index in [1.807, 2.05) is 6.07 Å². The van der Waals surface area contributed by atoms with Crippen LogP contribution >= 0.6 is 0 Å². The van der Waals surface area contributed by atoms with Crippen molar-refractivity contribution in [3.05, 3.63) is 65.3 Å². The van der Waals surface area contributed by atoms with Gasteiger partial charge in [-0.15, -0.1) is 0 Å². The number of benzene rings is 2. The summed E-state index contributed by atoms with van der Waals surface area (Å²) in [5.41, 5.74) is 2.80. The molecule has 1 heterocycles. The Morgan fingerprint density at radius 1 is 1.15 bits per heavy atom. The van der Waals surface area contributed by atoms with Crippen molar-refractivity contribution in [2.75, 3.05) is 0 Å². The lowest BCUT2D eigenvalue weighted by molar-refractivity contribution is 0.112. The van der Waals surface area contributed by atoms with Crippen LogP contribution in [0, 0.1) is 5.82 Å². The monoisotopic (exact) mass is 269 g/mol. The minimum Gasteiger partial charge on any atom is -0.441 e. The molecule has 3 nitrogen and oxygen atoms in total. The molecule has 0 aliphatic carbocycles. The van der Waals surface area contributed by atoms with Gasteiger partial charge in [0.15, 0.2) is 11.5 Å². The number of oxazole rings is 1. The molecule has 4 heteroatoms. The summed E-state index contributed by atoms with van der Waals surface area (Å²) in [4.78, 5) is 15.0. The van der Waals surface area contributed by atoms with Gasteiger partial charge in [-0.05, 0) is 42.3 Å². The predicted octanol–water partition coefficient (Wildman–Crippen LogP) is 3.56. The molecule has 0 saturated heterocycles. The number of rotatable bonds is 4. The summed E-state index contributed by atoms with van der Waals surface area (Å²) < 4.78 is 18.7. The third-order valence-corrected chi connectivity index (χ3v) is 3.11. The fourth-order valence-corrected chi connectivity index (χ4v) is 2.12. The van der Waals surface area contributed by atoms with Gasteiger partial charge in [-0.3, -0.25) is 4.79 Å². The molecule has 3 rings (SSSR count). The first-order valence-electron chi connectivity index (χ1n) is 6.34. The number of carbonyl (C=O) groups excluding carboxylic acids is 1. The second-order valence-electron chi connectivity index (χ2n) is 4.58. The van der Waals surface area contributed by atoms with Crippen LogP contribution in [0.2, 0.25) is 0 Å². The molecular weight excluding hydrogens is 257 g/mol. The molecule has 0 N–H and O–H groups in total. The van der Waals surface area contributed by atoms with Gasteiger partial charge in [-0.25, -0.2) is 9.37 Å². The maximum Gasteiger partial charge on any atom is 0.195 e. The van der Waals surface area contributed by atoms with Crippen molar-refractivity contribution in [2.45, 2.75) is 12.8 Å². The maximum absolute atomic E-state index is 13.1. The van der Waals surface area contributed by atoms with E-state index in [1.54, 1.807) is 24.3 Å². The lowest BCUT2D eigenvalue weighted by Crippen LogP contribution is -1.92. The fourth-order valence-electron chi connectivity index (χ4n) is 2.12. The third kappa shape index (κ3) is 2.59. The lowest BCUT2D eigenvalue weighted by Gasteiger charge is -1.98. The number of halogens is 1. The van der Waals surface area contributed by atoms with Gasteiger partial charge in [0, 0.05) is 12.0 Å².